The van der Waals surface area contributed by atoms with Gasteiger partial charge in [-0.05, 0) is 45.8 Å². The lowest BCUT2D eigenvalue weighted by Gasteiger charge is -2.04. The van der Waals surface area contributed by atoms with Gasteiger partial charge in [-0.25, -0.2) is 5.43 Å². The number of nitrogen functional groups attached to an aromatic ring is 1. The largest absolute Gasteiger partial charge is 0.496 e. The number of carbonyl (C=O) groups excluding carboxylic acids is 1. The van der Waals surface area contributed by atoms with Gasteiger partial charge in [0, 0.05) is 17.8 Å². The van der Waals surface area contributed by atoms with Crippen LogP contribution in [-0.2, 0) is 0 Å². The molecule has 0 fully saturated rings. The summed E-state index contributed by atoms with van der Waals surface area (Å²) in [4.78, 5) is 22.2. The van der Waals surface area contributed by atoms with Gasteiger partial charge in [0.1, 0.15) is 5.75 Å². The van der Waals surface area contributed by atoms with Crippen molar-refractivity contribution in [3.8, 4) is 5.75 Å². The van der Waals surface area contributed by atoms with Crippen LogP contribution in [0.2, 0.25) is 0 Å². The molecule has 24 heavy (non-hydrogen) atoms. The van der Waals surface area contributed by atoms with Crippen molar-refractivity contribution in [2.24, 2.45) is 5.10 Å². The zero-order valence-corrected chi connectivity index (χ0v) is 14.1. The average Bonchev–Trinajstić information content (AvgIpc) is 2.55. The molecule has 1 amide bonds. The first kappa shape index (κ1) is 17.4. The third kappa shape index (κ3) is 4.07. The van der Waals surface area contributed by atoms with Gasteiger partial charge in [0.25, 0.3) is 11.6 Å². The molecule has 0 spiro atoms. The molecule has 0 heterocycles. The maximum atomic E-state index is 12.0. The predicted molar refractivity (Wildman–Crippen MR) is 93.3 cm³/mol. The minimum absolute atomic E-state index is 0.0164. The van der Waals surface area contributed by atoms with Gasteiger partial charge in [0.15, 0.2) is 0 Å². The molecule has 2 rings (SSSR count). The van der Waals surface area contributed by atoms with Crippen molar-refractivity contribution in [2.45, 2.75) is 0 Å². The van der Waals surface area contributed by atoms with E-state index in [4.69, 9.17) is 10.5 Å². The van der Waals surface area contributed by atoms with Crippen LogP contribution >= 0.6 is 15.9 Å². The Morgan fingerprint density at radius 1 is 1.38 bits per heavy atom. The number of hydrogen-bond acceptors (Lipinski definition) is 6. The smallest absolute Gasteiger partial charge is 0.273 e. The molecule has 124 valence electrons. The van der Waals surface area contributed by atoms with Crippen LogP contribution in [0.3, 0.4) is 0 Å². The molecule has 0 radical (unpaired) electrons. The Morgan fingerprint density at radius 2 is 2.12 bits per heavy atom. The Morgan fingerprint density at radius 3 is 2.75 bits per heavy atom. The number of halogens is 1. The number of non-ortho nitro benzene ring substituents is 1. The zero-order valence-electron chi connectivity index (χ0n) is 12.5. The number of hydrazone groups is 1. The van der Waals surface area contributed by atoms with Crippen LogP contribution in [-0.4, -0.2) is 24.2 Å². The molecule has 0 aliphatic rings. The second-order valence-corrected chi connectivity index (χ2v) is 5.48. The highest BCUT2D eigenvalue weighted by Gasteiger charge is 2.14. The van der Waals surface area contributed by atoms with Crippen LogP contribution in [0.5, 0.6) is 5.75 Å². The van der Waals surface area contributed by atoms with E-state index >= 15 is 0 Å². The van der Waals surface area contributed by atoms with Gasteiger partial charge in [-0.15, -0.1) is 0 Å². The predicted octanol–water partition coefficient (Wildman–Crippen LogP) is 2.71. The third-order valence-corrected chi connectivity index (χ3v) is 3.67. The lowest BCUT2D eigenvalue weighted by atomic mass is 10.1. The summed E-state index contributed by atoms with van der Waals surface area (Å²) >= 11 is 3.34. The molecular weight excluding hydrogens is 380 g/mol. The van der Waals surface area contributed by atoms with Crippen LogP contribution in [0.4, 0.5) is 11.4 Å². The highest BCUT2D eigenvalue weighted by molar-refractivity contribution is 9.10. The first-order valence-corrected chi connectivity index (χ1v) is 7.42. The summed E-state index contributed by atoms with van der Waals surface area (Å²) in [6.07, 6.45) is 1.43. The van der Waals surface area contributed by atoms with Crippen molar-refractivity contribution >= 4 is 39.4 Å². The van der Waals surface area contributed by atoms with E-state index in [0.29, 0.717) is 5.75 Å². The molecular formula is C15H13BrN4O4. The number of nitrogens with zero attached hydrogens (tertiary/aromatic N) is 2. The van der Waals surface area contributed by atoms with Gasteiger partial charge < -0.3 is 10.5 Å². The first-order chi connectivity index (χ1) is 11.4. The fraction of sp³-hybridized carbons (Fsp3) is 0.0667. The number of methoxy groups -OCH3 is 1. The van der Waals surface area contributed by atoms with E-state index in [2.05, 4.69) is 26.5 Å². The molecule has 2 aromatic rings. The third-order valence-electron chi connectivity index (χ3n) is 3.05. The molecule has 0 saturated carbocycles. The van der Waals surface area contributed by atoms with Gasteiger partial charge in [0.05, 0.1) is 28.3 Å². The van der Waals surface area contributed by atoms with Crippen LogP contribution in [0.15, 0.2) is 46.0 Å². The molecule has 2 aromatic carbocycles. The Bertz CT molecular complexity index is 823. The van der Waals surface area contributed by atoms with Gasteiger partial charge in [-0.3, -0.25) is 14.9 Å². The van der Waals surface area contributed by atoms with Crippen molar-refractivity contribution < 1.29 is 14.5 Å². The number of carbonyl (C=O) groups is 1. The van der Waals surface area contributed by atoms with Crippen molar-refractivity contribution in [3.05, 3.63) is 62.1 Å². The molecule has 9 heteroatoms. The summed E-state index contributed by atoms with van der Waals surface area (Å²) < 4.78 is 5.85. The van der Waals surface area contributed by atoms with Crippen molar-refractivity contribution in [1.82, 2.24) is 5.43 Å². The van der Waals surface area contributed by atoms with Crippen molar-refractivity contribution in [3.63, 3.8) is 0 Å². The number of rotatable bonds is 5. The summed E-state index contributed by atoms with van der Waals surface area (Å²) in [5, 5.41) is 14.6. The number of nitro benzene ring substituents is 1. The number of hydrogen-bond donors (Lipinski definition) is 2. The monoisotopic (exact) mass is 392 g/mol. The Hall–Kier alpha value is -2.94. The summed E-state index contributed by atoms with van der Waals surface area (Å²) in [5.41, 5.74) is 8.56. The molecule has 8 nitrogen and oxygen atoms in total. The molecule has 0 aliphatic carbocycles. The fourth-order valence-corrected chi connectivity index (χ4v) is 2.40. The molecule has 0 atom stereocenters. The maximum absolute atomic E-state index is 12.0. The van der Waals surface area contributed by atoms with E-state index in [0.717, 1.165) is 16.1 Å². The Labute approximate surface area is 145 Å². The van der Waals surface area contributed by atoms with E-state index in [9.17, 15) is 14.9 Å². The normalized spacial score (nSPS) is 10.6. The van der Waals surface area contributed by atoms with Crippen molar-refractivity contribution in [2.75, 3.05) is 12.8 Å². The summed E-state index contributed by atoms with van der Waals surface area (Å²) in [6.45, 7) is 0. The first-order valence-electron chi connectivity index (χ1n) is 6.63. The second-order valence-electron chi connectivity index (χ2n) is 4.62. The fourth-order valence-electron chi connectivity index (χ4n) is 1.84. The van der Waals surface area contributed by atoms with E-state index in [-0.39, 0.29) is 16.9 Å². The van der Waals surface area contributed by atoms with E-state index in [1.165, 1.54) is 18.3 Å². The summed E-state index contributed by atoms with van der Waals surface area (Å²) in [5.74, 6) is 0.0283. The molecule has 0 unspecified atom stereocenters. The molecule has 3 N–H and O–H groups in total. The summed E-state index contributed by atoms with van der Waals surface area (Å²) in [6, 6.07) is 8.88. The quantitative estimate of drug-likeness (QED) is 0.350. The number of anilines is 1. The van der Waals surface area contributed by atoms with E-state index < -0.39 is 10.8 Å². The Kier molecular flexibility index (Phi) is 5.48. The lowest BCUT2D eigenvalue weighted by Crippen LogP contribution is -2.19. The molecule has 0 aliphatic heterocycles. The SMILES string of the molecule is COc1ccc(/C=N/NC(=O)c2cc([N+](=O)[O-])ccc2N)cc1Br. The van der Waals surface area contributed by atoms with Crippen LogP contribution in [0.1, 0.15) is 15.9 Å². The number of nitro groups is 1. The number of ether oxygens (including phenoxy) is 1. The molecule has 0 aromatic heterocycles. The van der Waals surface area contributed by atoms with Gasteiger partial charge in [-0.2, -0.15) is 5.10 Å². The zero-order chi connectivity index (χ0) is 17.7. The van der Waals surface area contributed by atoms with E-state index in [1.54, 1.807) is 25.3 Å². The lowest BCUT2D eigenvalue weighted by molar-refractivity contribution is -0.384. The highest BCUT2D eigenvalue weighted by Crippen LogP contribution is 2.24. The van der Waals surface area contributed by atoms with Gasteiger partial charge in [0.2, 0.25) is 0 Å². The minimum atomic E-state index is -0.639. The molecule has 0 saturated heterocycles. The summed E-state index contributed by atoms with van der Waals surface area (Å²) in [7, 11) is 1.55. The topological polar surface area (TPSA) is 120 Å². The van der Waals surface area contributed by atoms with Crippen LogP contribution < -0.4 is 15.9 Å². The second kappa shape index (κ2) is 7.55. The maximum Gasteiger partial charge on any atom is 0.273 e. The van der Waals surface area contributed by atoms with E-state index in [1.807, 2.05) is 0 Å². The standard InChI is InChI=1S/C15H13BrN4O4/c1-24-14-5-2-9(6-12(14)16)8-18-19-15(21)11-7-10(20(22)23)3-4-13(11)17/h2-8H,17H2,1H3,(H,19,21)/b18-8+. The number of nitrogens with two attached hydrogens (primary N) is 1. The number of amides is 1. The van der Waals surface area contributed by atoms with Crippen LogP contribution in [0.25, 0.3) is 0 Å². The van der Waals surface area contributed by atoms with Crippen LogP contribution in [0, 0.1) is 10.1 Å². The highest BCUT2D eigenvalue weighted by atomic mass is 79.9. The average molecular weight is 393 g/mol. The number of nitrogens with one attached hydrogen (secondary N) is 1. The van der Waals surface area contributed by atoms with Crippen molar-refractivity contribution in [1.29, 1.82) is 0 Å². The number of benzene rings is 2. The Balaban J connectivity index is 2.11. The van der Waals surface area contributed by atoms with Gasteiger partial charge in [-0.1, -0.05) is 0 Å². The molecule has 0 bridgehead atoms. The minimum Gasteiger partial charge on any atom is -0.496 e. The van der Waals surface area contributed by atoms with Gasteiger partial charge >= 0.3 is 0 Å².